The molecule has 0 saturated carbocycles. The van der Waals surface area contributed by atoms with Crippen molar-refractivity contribution in [3.05, 3.63) is 59.4 Å². The van der Waals surface area contributed by atoms with Crippen molar-refractivity contribution in [2.75, 3.05) is 33.9 Å². The number of piperidine rings is 1. The number of hydrogen-bond donors (Lipinski definition) is 1. The van der Waals surface area contributed by atoms with Crippen molar-refractivity contribution in [2.45, 2.75) is 32.2 Å². The van der Waals surface area contributed by atoms with E-state index in [1.807, 2.05) is 41.3 Å². The summed E-state index contributed by atoms with van der Waals surface area (Å²) < 4.78 is 16.4. The summed E-state index contributed by atoms with van der Waals surface area (Å²) >= 11 is 0. The van der Waals surface area contributed by atoms with E-state index in [4.69, 9.17) is 14.0 Å². The average Bonchev–Trinajstić information content (AvgIpc) is 3.37. The van der Waals surface area contributed by atoms with Crippen LogP contribution < -0.4 is 14.8 Å². The molecule has 35 heavy (non-hydrogen) atoms. The Kier molecular flexibility index (Phi) is 6.99. The van der Waals surface area contributed by atoms with E-state index in [1.54, 1.807) is 20.4 Å². The Hall–Kier alpha value is -3.39. The number of carbonyl (C=O) groups is 1. The minimum absolute atomic E-state index is 0.219. The Labute approximate surface area is 205 Å². The van der Waals surface area contributed by atoms with E-state index in [0.717, 1.165) is 61.6 Å². The number of hydrogen-bond acceptors (Lipinski definition) is 7. The van der Waals surface area contributed by atoms with Gasteiger partial charge in [0.05, 0.1) is 19.9 Å². The van der Waals surface area contributed by atoms with Crippen LogP contribution in [0.15, 0.2) is 47.1 Å². The number of nitrogens with zero attached hydrogens (tertiary/aromatic N) is 3. The fourth-order valence-corrected chi connectivity index (χ4v) is 5.24. The molecule has 8 heteroatoms. The highest BCUT2D eigenvalue weighted by Crippen LogP contribution is 2.34. The molecule has 1 fully saturated rings. The number of pyridine rings is 1. The van der Waals surface area contributed by atoms with Gasteiger partial charge in [0.2, 0.25) is 5.91 Å². The normalized spacial score (nSPS) is 19.8. The second-order valence-corrected chi connectivity index (χ2v) is 9.36. The summed E-state index contributed by atoms with van der Waals surface area (Å²) in [5.74, 6) is 2.98. The van der Waals surface area contributed by atoms with E-state index < -0.39 is 0 Å². The summed E-state index contributed by atoms with van der Waals surface area (Å²) in [5.41, 5.74) is 4.04. The van der Waals surface area contributed by atoms with Gasteiger partial charge in [0.1, 0.15) is 5.69 Å². The van der Waals surface area contributed by atoms with Gasteiger partial charge in [0.15, 0.2) is 17.3 Å². The zero-order valence-electron chi connectivity index (χ0n) is 20.3. The average molecular weight is 477 g/mol. The smallest absolute Gasteiger partial charge is 0.223 e. The second kappa shape index (κ2) is 10.5. The second-order valence-electron chi connectivity index (χ2n) is 9.36. The van der Waals surface area contributed by atoms with Gasteiger partial charge in [0.25, 0.3) is 0 Å². The van der Waals surface area contributed by atoms with E-state index in [9.17, 15) is 4.79 Å². The van der Waals surface area contributed by atoms with Crippen LogP contribution >= 0.6 is 0 Å². The molecule has 1 aromatic carbocycles. The molecular formula is C27H32N4O4. The molecule has 1 N–H and O–H groups in total. The Balaban J connectivity index is 1.23. The number of amides is 1. The van der Waals surface area contributed by atoms with Gasteiger partial charge in [-0.25, -0.2) is 0 Å². The Bertz CT molecular complexity index is 1160. The maximum atomic E-state index is 13.3. The molecule has 2 aromatic heterocycles. The molecule has 0 radical (unpaired) electrons. The first-order valence-corrected chi connectivity index (χ1v) is 12.2. The molecular weight excluding hydrogens is 444 g/mol. The number of ether oxygens (including phenoxy) is 2. The molecule has 8 nitrogen and oxygen atoms in total. The van der Waals surface area contributed by atoms with Crippen molar-refractivity contribution in [1.29, 1.82) is 0 Å². The lowest BCUT2D eigenvalue weighted by Gasteiger charge is -2.35. The van der Waals surface area contributed by atoms with Crippen LogP contribution in [0.4, 0.5) is 0 Å². The number of carbonyl (C=O) groups excluding carboxylic acids is 1. The molecule has 2 unspecified atom stereocenters. The first-order valence-electron chi connectivity index (χ1n) is 12.2. The molecule has 5 rings (SSSR count). The van der Waals surface area contributed by atoms with E-state index in [-0.39, 0.29) is 5.91 Å². The van der Waals surface area contributed by atoms with E-state index >= 15 is 0 Å². The molecule has 2 aliphatic heterocycles. The molecule has 184 valence electrons. The predicted molar refractivity (Wildman–Crippen MR) is 131 cm³/mol. The molecule has 0 aliphatic carbocycles. The molecule has 2 aliphatic rings. The van der Waals surface area contributed by atoms with Crippen LogP contribution in [0, 0.1) is 11.8 Å². The van der Waals surface area contributed by atoms with Crippen LogP contribution in [0.25, 0.3) is 11.5 Å². The van der Waals surface area contributed by atoms with Crippen molar-refractivity contribution in [3.63, 3.8) is 0 Å². The summed E-state index contributed by atoms with van der Waals surface area (Å²) in [6.45, 7) is 3.16. The van der Waals surface area contributed by atoms with E-state index in [0.29, 0.717) is 36.3 Å². The van der Waals surface area contributed by atoms with Gasteiger partial charge < -0.3 is 24.2 Å². The van der Waals surface area contributed by atoms with Gasteiger partial charge in [-0.1, -0.05) is 11.2 Å². The number of methoxy groups -OCH3 is 2. The van der Waals surface area contributed by atoms with Gasteiger partial charge in [-0.2, -0.15) is 0 Å². The van der Waals surface area contributed by atoms with Crippen LogP contribution in [0.2, 0.25) is 0 Å². The predicted octanol–water partition coefficient (Wildman–Crippen LogP) is 3.50. The number of aromatic nitrogens is 2. The number of fused-ring (bicyclic) bond motifs is 1. The van der Waals surface area contributed by atoms with Crippen LogP contribution in [0.1, 0.15) is 29.7 Å². The lowest BCUT2D eigenvalue weighted by atomic mass is 9.80. The summed E-state index contributed by atoms with van der Waals surface area (Å²) in [6.07, 6.45) is 4.89. The van der Waals surface area contributed by atoms with Crippen molar-refractivity contribution >= 4 is 5.91 Å². The van der Waals surface area contributed by atoms with Crippen molar-refractivity contribution in [2.24, 2.45) is 11.8 Å². The van der Waals surface area contributed by atoms with Gasteiger partial charge >= 0.3 is 0 Å². The van der Waals surface area contributed by atoms with Gasteiger partial charge in [-0.05, 0) is 79.6 Å². The SMILES string of the molecule is COc1cc2c(cc1OC)CN(C(=O)CC1CCNCC1Cc1cc(-c3ccccn3)on1)CC2. The van der Waals surface area contributed by atoms with Crippen LogP contribution in [-0.2, 0) is 24.2 Å². The zero-order valence-corrected chi connectivity index (χ0v) is 20.3. The first-order chi connectivity index (χ1) is 17.1. The third-order valence-corrected chi connectivity index (χ3v) is 7.22. The Morgan fingerprint density at radius 1 is 1.14 bits per heavy atom. The highest BCUT2D eigenvalue weighted by molar-refractivity contribution is 5.77. The third-order valence-electron chi connectivity index (χ3n) is 7.22. The van der Waals surface area contributed by atoms with Crippen molar-refractivity contribution in [1.82, 2.24) is 20.4 Å². The summed E-state index contributed by atoms with van der Waals surface area (Å²) in [4.78, 5) is 19.7. The van der Waals surface area contributed by atoms with Crippen molar-refractivity contribution in [3.8, 4) is 23.0 Å². The quantitative estimate of drug-likeness (QED) is 0.558. The molecule has 3 aromatic rings. The van der Waals surface area contributed by atoms with Gasteiger partial charge in [-0.3, -0.25) is 9.78 Å². The highest BCUT2D eigenvalue weighted by Gasteiger charge is 2.31. The summed E-state index contributed by atoms with van der Waals surface area (Å²) in [5, 5.41) is 7.78. The maximum Gasteiger partial charge on any atom is 0.223 e. The van der Waals surface area contributed by atoms with Crippen LogP contribution in [-0.4, -0.2) is 54.8 Å². The number of nitrogens with one attached hydrogen (secondary N) is 1. The summed E-state index contributed by atoms with van der Waals surface area (Å²) in [6, 6.07) is 11.7. The van der Waals surface area contributed by atoms with Crippen LogP contribution in [0.3, 0.4) is 0 Å². The van der Waals surface area contributed by atoms with E-state index in [2.05, 4.69) is 15.5 Å². The Morgan fingerprint density at radius 2 is 1.97 bits per heavy atom. The summed E-state index contributed by atoms with van der Waals surface area (Å²) in [7, 11) is 3.29. The number of benzene rings is 1. The Morgan fingerprint density at radius 3 is 2.74 bits per heavy atom. The molecule has 1 amide bonds. The first kappa shape index (κ1) is 23.4. The largest absolute Gasteiger partial charge is 0.493 e. The number of rotatable bonds is 7. The monoisotopic (exact) mass is 476 g/mol. The minimum Gasteiger partial charge on any atom is -0.493 e. The minimum atomic E-state index is 0.219. The van der Waals surface area contributed by atoms with Crippen LogP contribution in [0.5, 0.6) is 11.5 Å². The lowest BCUT2D eigenvalue weighted by molar-refractivity contribution is -0.133. The molecule has 2 atom stereocenters. The third kappa shape index (κ3) is 5.17. The lowest BCUT2D eigenvalue weighted by Crippen LogP contribution is -2.42. The molecule has 0 spiro atoms. The fourth-order valence-electron chi connectivity index (χ4n) is 5.24. The topological polar surface area (TPSA) is 89.7 Å². The standard InChI is InChI=1S/C27H32N4O4/c1-33-25-12-19-7-10-31(17-21(19)13-26(25)34-2)27(32)14-18-6-9-28-16-20(18)11-22-15-24(35-30-22)23-5-3-4-8-29-23/h3-5,8,12-13,15,18,20,28H,6-7,9-11,14,16-17H2,1-2H3. The van der Waals surface area contributed by atoms with Crippen molar-refractivity contribution < 1.29 is 18.8 Å². The van der Waals surface area contributed by atoms with E-state index in [1.165, 1.54) is 5.56 Å². The molecule has 0 bridgehead atoms. The van der Waals surface area contributed by atoms with Gasteiger partial charge in [0, 0.05) is 31.8 Å². The zero-order chi connectivity index (χ0) is 24.2. The molecule has 1 saturated heterocycles. The maximum absolute atomic E-state index is 13.3. The fraction of sp³-hybridized carbons (Fsp3) is 0.444. The van der Waals surface area contributed by atoms with Gasteiger partial charge in [-0.15, -0.1) is 0 Å². The molecule has 4 heterocycles. The highest BCUT2D eigenvalue weighted by atomic mass is 16.5.